The molecule has 0 aromatic carbocycles. The van der Waals surface area contributed by atoms with Crippen LogP contribution >= 0.6 is 0 Å². The first-order valence-corrected chi connectivity index (χ1v) is 6.47. The standard InChI is InChI=1S/C13H23NO4/c1-13(2,3)18-12(17)14-10-6-4-5-9(7-10)8-11(15)16/h9-10H,4-8H2,1-3H3,(H,14,17)(H,15,16)/t9-,10-/m0/s1. The second kappa shape index (κ2) is 6.07. The van der Waals surface area contributed by atoms with Crippen LogP contribution in [0.4, 0.5) is 4.79 Å². The number of alkyl carbamates (subject to hydrolysis) is 1. The topological polar surface area (TPSA) is 75.6 Å². The van der Waals surface area contributed by atoms with Crippen LogP contribution in [-0.4, -0.2) is 28.8 Å². The fourth-order valence-corrected chi connectivity index (χ4v) is 2.33. The number of carbonyl (C=O) groups is 2. The van der Waals surface area contributed by atoms with Gasteiger partial charge in [-0.25, -0.2) is 4.79 Å². The molecule has 1 rings (SSSR count). The van der Waals surface area contributed by atoms with Gasteiger partial charge in [0, 0.05) is 12.5 Å². The molecule has 0 radical (unpaired) electrons. The van der Waals surface area contributed by atoms with Gasteiger partial charge < -0.3 is 15.2 Å². The normalized spacial score (nSPS) is 24.4. The minimum Gasteiger partial charge on any atom is -0.481 e. The highest BCUT2D eigenvalue weighted by Gasteiger charge is 2.26. The monoisotopic (exact) mass is 257 g/mol. The summed E-state index contributed by atoms with van der Waals surface area (Å²) in [5, 5.41) is 11.6. The molecule has 0 aromatic heterocycles. The zero-order chi connectivity index (χ0) is 13.8. The molecule has 1 aliphatic carbocycles. The third kappa shape index (κ3) is 5.89. The van der Waals surface area contributed by atoms with Gasteiger partial charge in [-0.2, -0.15) is 0 Å². The SMILES string of the molecule is CC(C)(C)OC(=O)N[C@H]1CCC[C@H](CC(=O)O)C1. The van der Waals surface area contributed by atoms with E-state index in [-0.39, 0.29) is 18.4 Å². The molecule has 5 heteroatoms. The smallest absolute Gasteiger partial charge is 0.407 e. The molecule has 2 atom stereocenters. The zero-order valence-electron chi connectivity index (χ0n) is 11.4. The van der Waals surface area contributed by atoms with E-state index in [1.54, 1.807) is 0 Å². The fourth-order valence-electron chi connectivity index (χ4n) is 2.33. The average Bonchev–Trinajstić information content (AvgIpc) is 2.13. The Balaban J connectivity index is 2.38. The van der Waals surface area contributed by atoms with Gasteiger partial charge >= 0.3 is 12.1 Å². The number of rotatable bonds is 3. The summed E-state index contributed by atoms with van der Waals surface area (Å²) in [4.78, 5) is 22.3. The first-order valence-electron chi connectivity index (χ1n) is 6.47. The third-order valence-corrected chi connectivity index (χ3v) is 2.97. The van der Waals surface area contributed by atoms with Crippen molar-refractivity contribution in [2.24, 2.45) is 5.92 Å². The van der Waals surface area contributed by atoms with E-state index in [2.05, 4.69) is 5.32 Å². The maximum Gasteiger partial charge on any atom is 0.407 e. The van der Waals surface area contributed by atoms with E-state index in [1.165, 1.54) is 0 Å². The largest absolute Gasteiger partial charge is 0.481 e. The second-order valence-corrected chi connectivity index (χ2v) is 5.97. The van der Waals surface area contributed by atoms with E-state index >= 15 is 0 Å². The second-order valence-electron chi connectivity index (χ2n) is 5.97. The molecule has 2 N–H and O–H groups in total. The number of amides is 1. The van der Waals surface area contributed by atoms with E-state index in [9.17, 15) is 9.59 Å². The van der Waals surface area contributed by atoms with Crippen molar-refractivity contribution < 1.29 is 19.4 Å². The highest BCUT2D eigenvalue weighted by molar-refractivity contribution is 5.68. The average molecular weight is 257 g/mol. The number of carbonyl (C=O) groups excluding carboxylic acids is 1. The van der Waals surface area contributed by atoms with Crippen LogP contribution < -0.4 is 5.32 Å². The van der Waals surface area contributed by atoms with E-state index in [0.717, 1.165) is 25.7 Å². The van der Waals surface area contributed by atoms with Gasteiger partial charge in [0.1, 0.15) is 5.60 Å². The summed E-state index contributed by atoms with van der Waals surface area (Å²) in [5.41, 5.74) is -0.501. The highest BCUT2D eigenvalue weighted by Crippen LogP contribution is 2.27. The van der Waals surface area contributed by atoms with Gasteiger partial charge in [0.05, 0.1) is 0 Å². The molecule has 5 nitrogen and oxygen atoms in total. The zero-order valence-corrected chi connectivity index (χ0v) is 11.4. The molecule has 1 saturated carbocycles. The molecule has 18 heavy (non-hydrogen) atoms. The number of aliphatic carboxylic acids is 1. The van der Waals surface area contributed by atoms with Crippen LogP contribution in [0.1, 0.15) is 52.9 Å². The lowest BCUT2D eigenvalue weighted by molar-refractivity contribution is -0.138. The molecule has 1 amide bonds. The molecule has 0 aromatic rings. The van der Waals surface area contributed by atoms with Crippen LogP contribution in [0.25, 0.3) is 0 Å². The van der Waals surface area contributed by atoms with Crippen molar-refractivity contribution in [2.45, 2.75) is 64.5 Å². The van der Waals surface area contributed by atoms with Crippen molar-refractivity contribution in [1.82, 2.24) is 5.32 Å². The lowest BCUT2D eigenvalue weighted by Crippen LogP contribution is -2.41. The fraction of sp³-hybridized carbons (Fsp3) is 0.846. The van der Waals surface area contributed by atoms with Crippen molar-refractivity contribution in [2.75, 3.05) is 0 Å². The highest BCUT2D eigenvalue weighted by atomic mass is 16.6. The summed E-state index contributed by atoms with van der Waals surface area (Å²) in [6, 6.07) is 0.0398. The Morgan fingerprint density at radius 3 is 2.56 bits per heavy atom. The molecule has 1 fully saturated rings. The summed E-state index contributed by atoms with van der Waals surface area (Å²) < 4.78 is 5.19. The summed E-state index contributed by atoms with van der Waals surface area (Å²) in [6.07, 6.45) is 3.29. The molecule has 1 aliphatic rings. The van der Waals surface area contributed by atoms with Crippen molar-refractivity contribution in [1.29, 1.82) is 0 Å². The predicted molar refractivity (Wildman–Crippen MR) is 67.4 cm³/mol. The summed E-state index contributed by atoms with van der Waals surface area (Å²) in [7, 11) is 0. The number of ether oxygens (including phenoxy) is 1. The molecule has 0 spiro atoms. The van der Waals surface area contributed by atoms with Crippen LogP contribution in [-0.2, 0) is 9.53 Å². The minimum absolute atomic E-state index is 0.0398. The van der Waals surface area contributed by atoms with Gasteiger partial charge in [-0.15, -0.1) is 0 Å². The molecule has 0 unspecified atom stereocenters. The van der Waals surface area contributed by atoms with Crippen molar-refractivity contribution in [3.63, 3.8) is 0 Å². The lowest BCUT2D eigenvalue weighted by Gasteiger charge is -2.30. The number of hydrogen-bond acceptors (Lipinski definition) is 3. The van der Waals surface area contributed by atoms with Crippen LogP contribution in [0, 0.1) is 5.92 Å². The first-order chi connectivity index (χ1) is 8.26. The predicted octanol–water partition coefficient (Wildman–Crippen LogP) is 2.54. The third-order valence-electron chi connectivity index (χ3n) is 2.97. The van der Waals surface area contributed by atoms with E-state index in [4.69, 9.17) is 9.84 Å². The summed E-state index contributed by atoms with van der Waals surface area (Å²) >= 11 is 0. The molecule has 0 bridgehead atoms. The molecule has 0 aliphatic heterocycles. The Morgan fingerprint density at radius 2 is 2.00 bits per heavy atom. The molecule has 0 heterocycles. The Labute approximate surface area is 108 Å². The molecule has 0 saturated heterocycles. The molecule has 104 valence electrons. The van der Waals surface area contributed by atoms with Gasteiger partial charge in [-0.1, -0.05) is 6.42 Å². The van der Waals surface area contributed by atoms with Gasteiger partial charge in [-0.05, 0) is 46.0 Å². The Bertz CT molecular complexity index is 309. The first kappa shape index (κ1) is 14.8. The number of hydrogen-bond donors (Lipinski definition) is 2. The Morgan fingerprint density at radius 1 is 1.33 bits per heavy atom. The van der Waals surface area contributed by atoms with Crippen LogP contribution in [0.3, 0.4) is 0 Å². The summed E-state index contributed by atoms with van der Waals surface area (Å²) in [6.45, 7) is 5.46. The Kier molecular flexibility index (Phi) is 4.99. The van der Waals surface area contributed by atoms with E-state index in [0.29, 0.717) is 0 Å². The molecular weight excluding hydrogens is 234 g/mol. The Hall–Kier alpha value is -1.26. The van der Waals surface area contributed by atoms with Crippen LogP contribution in [0.5, 0.6) is 0 Å². The van der Waals surface area contributed by atoms with Gasteiger partial charge in [0.25, 0.3) is 0 Å². The quantitative estimate of drug-likeness (QED) is 0.814. The van der Waals surface area contributed by atoms with Crippen molar-refractivity contribution in [3.8, 4) is 0 Å². The van der Waals surface area contributed by atoms with Gasteiger partial charge in [-0.3, -0.25) is 4.79 Å². The van der Waals surface area contributed by atoms with Crippen molar-refractivity contribution in [3.05, 3.63) is 0 Å². The molecular formula is C13H23NO4. The number of carboxylic acids is 1. The van der Waals surface area contributed by atoms with Crippen LogP contribution in [0.15, 0.2) is 0 Å². The summed E-state index contributed by atoms with van der Waals surface area (Å²) in [5.74, 6) is -0.603. The van der Waals surface area contributed by atoms with E-state index < -0.39 is 17.7 Å². The van der Waals surface area contributed by atoms with E-state index in [1.807, 2.05) is 20.8 Å². The van der Waals surface area contributed by atoms with Crippen LogP contribution in [0.2, 0.25) is 0 Å². The number of carboxylic acid groups (broad SMARTS) is 1. The van der Waals surface area contributed by atoms with Gasteiger partial charge in [0.15, 0.2) is 0 Å². The lowest BCUT2D eigenvalue weighted by atomic mass is 9.84. The number of nitrogens with one attached hydrogen (secondary N) is 1. The maximum absolute atomic E-state index is 11.6. The minimum atomic E-state index is -0.766. The maximum atomic E-state index is 11.6. The van der Waals surface area contributed by atoms with Crippen molar-refractivity contribution >= 4 is 12.1 Å². The van der Waals surface area contributed by atoms with Gasteiger partial charge in [0.2, 0.25) is 0 Å².